The number of aryl methyl sites for hydroxylation is 2. The molecule has 2 aromatic carbocycles. The summed E-state index contributed by atoms with van der Waals surface area (Å²) >= 11 is 0. The lowest BCUT2D eigenvalue weighted by atomic mass is 9.95. The average Bonchev–Trinajstić information content (AvgIpc) is 3.60. The maximum atomic E-state index is 13.1. The fraction of sp³-hybridized carbons (Fsp3) is 0.0769. The zero-order valence-electron chi connectivity index (χ0n) is 18.7. The van der Waals surface area contributed by atoms with E-state index in [1.807, 2.05) is 48.1 Å². The number of aromatic nitrogens is 2. The van der Waals surface area contributed by atoms with E-state index in [1.54, 1.807) is 30.1 Å². The molecule has 0 unspecified atom stereocenters. The van der Waals surface area contributed by atoms with E-state index in [4.69, 9.17) is 4.42 Å². The Hall–Kier alpha value is -4.92. The number of nitrogens with zero attached hydrogens (tertiary/aromatic N) is 3. The number of furan rings is 1. The van der Waals surface area contributed by atoms with Crippen molar-refractivity contribution >= 4 is 50.5 Å². The Morgan fingerprint density at radius 3 is 2.03 bits per heavy atom. The number of fused-ring (bicyclic) bond motifs is 2. The first-order valence-electron chi connectivity index (χ1n) is 10.8. The van der Waals surface area contributed by atoms with Gasteiger partial charge in [-0.2, -0.15) is 0 Å². The first-order valence-corrected chi connectivity index (χ1v) is 10.8. The van der Waals surface area contributed by atoms with Crippen LogP contribution in [0.5, 0.6) is 0 Å². The molecule has 2 amide bonds. The maximum absolute atomic E-state index is 13.1. The molecule has 172 valence electrons. The fourth-order valence-corrected chi connectivity index (χ4v) is 4.83. The molecule has 0 spiro atoms. The van der Waals surface area contributed by atoms with Crippen LogP contribution in [0.3, 0.4) is 0 Å². The molecule has 0 bridgehead atoms. The van der Waals surface area contributed by atoms with Gasteiger partial charge in [0.15, 0.2) is 0 Å². The van der Waals surface area contributed by atoms with Gasteiger partial charge in [-0.05, 0) is 24.3 Å². The van der Waals surface area contributed by atoms with Crippen molar-refractivity contribution in [3.8, 4) is 11.3 Å². The lowest BCUT2D eigenvalue weighted by molar-refractivity contribution is -0.384. The summed E-state index contributed by atoms with van der Waals surface area (Å²) in [6, 6.07) is 14.0. The normalized spacial score (nSPS) is 13.9. The van der Waals surface area contributed by atoms with Gasteiger partial charge in [0.05, 0.1) is 27.8 Å². The number of carbonyl (C=O) groups excluding carboxylic acids is 2. The summed E-state index contributed by atoms with van der Waals surface area (Å²) in [4.78, 5) is 36.9. The van der Waals surface area contributed by atoms with Gasteiger partial charge in [0.25, 0.3) is 17.5 Å². The van der Waals surface area contributed by atoms with E-state index in [9.17, 15) is 19.7 Å². The Kier molecular flexibility index (Phi) is 4.31. The Labute approximate surface area is 198 Å². The Bertz CT molecular complexity index is 1750. The molecule has 9 nitrogen and oxygen atoms in total. The third kappa shape index (κ3) is 3.02. The number of carbonyl (C=O) groups is 2. The molecule has 0 atom stereocenters. The van der Waals surface area contributed by atoms with E-state index in [1.165, 1.54) is 12.1 Å². The number of benzene rings is 2. The summed E-state index contributed by atoms with van der Waals surface area (Å²) in [6.07, 6.45) is 5.17. The quantitative estimate of drug-likeness (QED) is 0.240. The molecule has 5 aromatic rings. The highest BCUT2D eigenvalue weighted by Gasteiger charge is 2.35. The maximum Gasteiger partial charge on any atom is 0.271 e. The van der Waals surface area contributed by atoms with E-state index in [0.717, 1.165) is 22.2 Å². The molecule has 35 heavy (non-hydrogen) atoms. The number of nitro benzene ring substituents is 1. The summed E-state index contributed by atoms with van der Waals surface area (Å²) in [5.74, 6) is -0.250. The average molecular weight is 466 g/mol. The van der Waals surface area contributed by atoms with Gasteiger partial charge < -0.3 is 13.6 Å². The second-order valence-corrected chi connectivity index (χ2v) is 8.51. The fourth-order valence-electron chi connectivity index (χ4n) is 4.83. The molecule has 0 fully saturated rings. The Morgan fingerprint density at radius 1 is 0.857 bits per heavy atom. The summed E-state index contributed by atoms with van der Waals surface area (Å²) in [6.45, 7) is 0. The van der Waals surface area contributed by atoms with Crippen LogP contribution in [0.25, 0.3) is 44.3 Å². The van der Waals surface area contributed by atoms with Crippen LogP contribution in [0.1, 0.15) is 11.1 Å². The number of amides is 2. The van der Waals surface area contributed by atoms with Crippen LogP contribution in [-0.2, 0) is 23.7 Å². The second kappa shape index (κ2) is 7.29. The number of hydrogen-bond acceptors (Lipinski definition) is 5. The lowest BCUT2D eigenvalue weighted by Gasteiger charge is -2.04. The van der Waals surface area contributed by atoms with E-state index >= 15 is 0 Å². The smallest absolute Gasteiger partial charge is 0.271 e. The highest BCUT2D eigenvalue weighted by molar-refractivity contribution is 6.50. The third-order valence-electron chi connectivity index (χ3n) is 6.45. The van der Waals surface area contributed by atoms with Gasteiger partial charge in [-0.1, -0.05) is 12.1 Å². The predicted octanol–water partition coefficient (Wildman–Crippen LogP) is 4.41. The van der Waals surface area contributed by atoms with Gasteiger partial charge in [0, 0.05) is 71.6 Å². The second-order valence-electron chi connectivity index (χ2n) is 8.51. The highest BCUT2D eigenvalue weighted by atomic mass is 16.6. The van der Waals surface area contributed by atoms with Crippen molar-refractivity contribution in [3.05, 3.63) is 88.4 Å². The molecule has 6 rings (SSSR count). The van der Waals surface area contributed by atoms with Crippen LogP contribution < -0.4 is 5.32 Å². The number of nitro groups is 1. The molecule has 1 aliphatic rings. The molecule has 9 heteroatoms. The number of non-ortho nitro benzene ring substituents is 1. The third-order valence-corrected chi connectivity index (χ3v) is 6.45. The zero-order chi connectivity index (χ0) is 24.4. The number of hydrogen-bond donors (Lipinski definition) is 1. The van der Waals surface area contributed by atoms with Gasteiger partial charge in [0.2, 0.25) is 0 Å². The Morgan fingerprint density at radius 2 is 1.46 bits per heavy atom. The van der Waals surface area contributed by atoms with Crippen molar-refractivity contribution in [1.82, 2.24) is 14.5 Å². The largest absolute Gasteiger partial charge is 0.464 e. The standard InChI is InChI=1S/C26H18N4O5/c1-28-12-18(16-7-5-14(10-20(16)28)22-4-3-9-35-22)23-24(26(32)27-25(23)31)19-13-29(2)21-11-15(30(33)34)6-8-17(19)21/h3-13H,1-2H3,(H,27,31,32). The van der Waals surface area contributed by atoms with E-state index in [0.29, 0.717) is 22.0 Å². The first-order chi connectivity index (χ1) is 16.8. The van der Waals surface area contributed by atoms with Crippen molar-refractivity contribution < 1.29 is 18.9 Å². The van der Waals surface area contributed by atoms with Crippen molar-refractivity contribution in [3.63, 3.8) is 0 Å². The van der Waals surface area contributed by atoms with Crippen molar-refractivity contribution in [2.75, 3.05) is 0 Å². The van der Waals surface area contributed by atoms with Gasteiger partial charge in [0.1, 0.15) is 5.76 Å². The molecular formula is C26H18N4O5. The van der Waals surface area contributed by atoms with Crippen LogP contribution in [-0.4, -0.2) is 25.9 Å². The molecule has 0 saturated heterocycles. The monoisotopic (exact) mass is 466 g/mol. The summed E-state index contributed by atoms with van der Waals surface area (Å²) in [5.41, 5.74) is 4.01. The van der Waals surface area contributed by atoms with Crippen molar-refractivity contribution in [2.45, 2.75) is 0 Å². The van der Waals surface area contributed by atoms with Gasteiger partial charge in [-0.15, -0.1) is 0 Å². The van der Waals surface area contributed by atoms with E-state index in [2.05, 4.69) is 5.32 Å². The van der Waals surface area contributed by atoms with Crippen LogP contribution in [0, 0.1) is 10.1 Å². The van der Waals surface area contributed by atoms with Crippen LogP contribution in [0.4, 0.5) is 5.69 Å². The minimum absolute atomic E-state index is 0.0483. The molecule has 3 aromatic heterocycles. The summed E-state index contributed by atoms with van der Waals surface area (Å²) < 4.78 is 9.14. The molecule has 0 aliphatic carbocycles. The summed E-state index contributed by atoms with van der Waals surface area (Å²) in [7, 11) is 3.63. The summed E-state index contributed by atoms with van der Waals surface area (Å²) in [5, 5.41) is 15.1. The van der Waals surface area contributed by atoms with Gasteiger partial charge in [-0.3, -0.25) is 25.0 Å². The molecular weight excluding hydrogens is 448 g/mol. The van der Waals surface area contributed by atoms with Crippen LogP contribution in [0.15, 0.2) is 71.6 Å². The molecule has 4 heterocycles. The Balaban J connectivity index is 1.60. The molecule has 1 aliphatic heterocycles. The topological polar surface area (TPSA) is 112 Å². The number of imide groups is 1. The van der Waals surface area contributed by atoms with Crippen LogP contribution >= 0.6 is 0 Å². The minimum atomic E-state index is -0.500. The van der Waals surface area contributed by atoms with E-state index < -0.39 is 16.7 Å². The minimum Gasteiger partial charge on any atom is -0.464 e. The highest BCUT2D eigenvalue weighted by Crippen LogP contribution is 2.40. The molecule has 1 N–H and O–H groups in total. The van der Waals surface area contributed by atoms with Gasteiger partial charge in [-0.25, -0.2) is 0 Å². The molecule has 0 radical (unpaired) electrons. The first kappa shape index (κ1) is 20.7. The predicted molar refractivity (Wildman–Crippen MR) is 130 cm³/mol. The van der Waals surface area contributed by atoms with E-state index in [-0.39, 0.29) is 16.8 Å². The van der Waals surface area contributed by atoms with Crippen molar-refractivity contribution in [1.29, 1.82) is 0 Å². The lowest BCUT2D eigenvalue weighted by Crippen LogP contribution is -2.22. The van der Waals surface area contributed by atoms with Gasteiger partial charge >= 0.3 is 0 Å². The van der Waals surface area contributed by atoms with Crippen LogP contribution in [0.2, 0.25) is 0 Å². The van der Waals surface area contributed by atoms with Crippen molar-refractivity contribution in [2.24, 2.45) is 14.1 Å². The molecule has 0 saturated carbocycles. The zero-order valence-corrected chi connectivity index (χ0v) is 18.7. The number of nitrogens with one attached hydrogen (secondary N) is 1. The SMILES string of the molecule is Cn1cc(C2=C(c3cn(C)c4cc([N+](=O)[O-])ccc34)C(=O)NC2=O)c2ccc(-c3ccco3)cc21. The number of rotatable bonds is 4.